The van der Waals surface area contributed by atoms with Gasteiger partial charge in [-0.15, -0.1) is 6.42 Å². The van der Waals surface area contributed by atoms with Gasteiger partial charge in [0.1, 0.15) is 5.82 Å². The van der Waals surface area contributed by atoms with Crippen LogP contribution in [-0.2, 0) is 15.9 Å². The Balaban J connectivity index is 1.41. The SMILES string of the molecule is C#Cc1ccc(-c2cc(CC3CNCCO3)ccc2N2CCC(C3CCCO3)CC2)cc1F. The second-order valence-electron chi connectivity index (χ2n) is 9.47. The quantitative estimate of drug-likeness (QED) is 0.688. The van der Waals surface area contributed by atoms with E-state index in [1.807, 2.05) is 6.07 Å². The predicted octanol–water partition coefficient (Wildman–Crippen LogP) is 4.40. The van der Waals surface area contributed by atoms with E-state index in [2.05, 4.69) is 34.3 Å². The fraction of sp³-hybridized carbons (Fsp3) is 0.500. The van der Waals surface area contributed by atoms with Crippen LogP contribution in [0, 0.1) is 24.1 Å². The van der Waals surface area contributed by atoms with Crippen LogP contribution in [0.5, 0.6) is 0 Å². The number of nitrogens with one attached hydrogen (secondary N) is 1. The van der Waals surface area contributed by atoms with Gasteiger partial charge in [0, 0.05) is 44.0 Å². The van der Waals surface area contributed by atoms with Crippen LogP contribution in [0.2, 0.25) is 0 Å². The molecule has 3 aliphatic heterocycles. The van der Waals surface area contributed by atoms with E-state index in [4.69, 9.17) is 15.9 Å². The molecule has 0 aliphatic carbocycles. The van der Waals surface area contributed by atoms with Crippen molar-refractivity contribution in [3.05, 3.63) is 53.3 Å². The number of piperidine rings is 1. The van der Waals surface area contributed by atoms with Gasteiger partial charge in [0.25, 0.3) is 0 Å². The van der Waals surface area contributed by atoms with Crippen LogP contribution in [0.4, 0.5) is 10.1 Å². The van der Waals surface area contributed by atoms with Crippen molar-refractivity contribution < 1.29 is 13.9 Å². The first kappa shape index (κ1) is 22.4. The smallest absolute Gasteiger partial charge is 0.139 e. The molecule has 3 saturated heterocycles. The summed E-state index contributed by atoms with van der Waals surface area (Å²) in [6.45, 7) is 5.42. The second-order valence-corrected chi connectivity index (χ2v) is 9.47. The van der Waals surface area contributed by atoms with Crippen molar-refractivity contribution in [2.45, 2.75) is 44.3 Å². The highest BCUT2D eigenvalue weighted by Crippen LogP contribution is 2.37. The van der Waals surface area contributed by atoms with E-state index in [-0.39, 0.29) is 11.9 Å². The van der Waals surface area contributed by atoms with Gasteiger partial charge >= 0.3 is 0 Å². The summed E-state index contributed by atoms with van der Waals surface area (Å²) >= 11 is 0. The predicted molar refractivity (Wildman–Crippen MR) is 130 cm³/mol. The number of benzene rings is 2. The van der Waals surface area contributed by atoms with Gasteiger partial charge in [0.05, 0.1) is 24.4 Å². The van der Waals surface area contributed by atoms with Crippen molar-refractivity contribution in [1.29, 1.82) is 0 Å². The third-order valence-electron chi connectivity index (χ3n) is 7.34. The van der Waals surface area contributed by atoms with E-state index >= 15 is 0 Å². The van der Waals surface area contributed by atoms with Crippen LogP contribution < -0.4 is 10.2 Å². The molecule has 5 rings (SSSR count). The first-order valence-corrected chi connectivity index (χ1v) is 12.3. The molecular formula is C28H33FN2O2. The van der Waals surface area contributed by atoms with Crippen molar-refractivity contribution in [2.75, 3.05) is 44.3 Å². The maximum atomic E-state index is 14.6. The summed E-state index contributed by atoms with van der Waals surface area (Å²) in [7, 11) is 0. The molecule has 3 heterocycles. The minimum absolute atomic E-state index is 0.167. The lowest BCUT2D eigenvalue weighted by molar-refractivity contribution is 0.0292. The van der Waals surface area contributed by atoms with Gasteiger partial charge in [-0.3, -0.25) is 0 Å². The van der Waals surface area contributed by atoms with Gasteiger partial charge in [-0.05, 0) is 73.4 Å². The molecule has 2 unspecified atom stereocenters. The minimum Gasteiger partial charge on any atom is -0.378 e. The van der Waals surface area contributed by atoms with Crippen molar-refractivity contribution >= 4 is 5.69 Å². The molecule has 0 aromatic heterocycles. The molecule has 0 saturated carbocycles. The highest BCUT2D eigenvalue weighted by molar-refractivity contribution is 5.80. The van der Waals surface area contributed by atoms with Crippen molar-refractivity contribution in [3.8, 4) is 23.5 Å². The number of hydrogen-bond acceptors (Lipinski definition) is 4. The Labute approximate surface area is 196 Å². The third-order valence-corrected chi connectivity index (χ3v) is 7.34. The summed E-state index contributed by atoms with van der Waals surface area (Å²) < 4.78 is 26.5. The van der Waals surface area contributed by atoms with Crippen LogP contribution >= 0.6 is 0 Å². The Hall–Kier alpha value is -2.39. The number of nitrogens with zero attached hydrogens (tertiary/aromatic N) is 1. The molecule has 0 amide bonds. The molecule has 2 atom stereocenters. The number of ether oxygens (including phenoxy) is 2. The van der Waals surface area contributed by atoms with Gasteiger partial charge in [0.2, 0.25) is 0 Å². The molecule has 174 valence electrons. The van der Waals surface area contributed by atoms with Crippen LogP contribution in [0.25, 0.3) is 11.1 Å². The van der Waals surface area contributed by atoms with Crippen molar-refractivity contribution in [1.82, 2.24) is 5.32 Å². The number of anilines is 1. The van der Waals surface area contributed by atoms with Gasteiger partial charge in [-0.25, -0.2) is 4.39 Å². The zero-order chi connectivity index (χ0) is 22.6. The molecule has 0 radical (unpaired) electrons. The summed E-state index contributed by atoms with van der Waals surface area (Å²) in [4.78, 5) is 2.45. The molecule has 0 spiro atoms. The monoisotopic (exact) mass is 448 g/mol. The summed E-state index contributed by atoms with van der Waals surface area (Å²) in [6.07, 6.45) is 11.6. The lowest BCUT2D eigenvalue weighted by atomic mass is 9.88. The number of halogens is 1. The number of rotatable bonds is 5. The molecule has 3 fully saturated rings. The summed E-state index contributed by atoms with van der Waals surface area (Å²) in [6, 6.07) is 11.9. The topological polar surface area (TPSA) is 33.7 Å². The molecule has 5 heteroatoms. The highest BCUT2D eigenvalue weighted by atomic mass is 19.1. The number of morpholine rings is 1. The van der Waals surface area contributed by atoms with Gasteiger partial charge in [-0.1, -0.05) is 18.1 Å². The largest absolute Gasteiger partial charge is 0.378 e. The summed E-state index contributed by atoms with van der Waals surface area (Å²) in [5, 5.41) is 3.40. The van der Waals surface area contributed by atoms with Gasteiger partial charge < -0.3 is 19.7 Å². The van der Waals surface area contributed by atoms with E-state index < -0.39 is 0 Å². The molecular weight excluding hydrogens is 415 g/mol. The normalized spacial score (nSPS) is 24.1. The Kier molecular flexibility index (Phi) is 6.96. The molecule has 2 aromatic carbocycles. The highest BCUT2D eigenvalue weighted by Gasteiger charge is 2.30. The molecule has 0 bridgehead atoms. The fourth-order valence-corrected chi connectivity index (χ4v) is 5.52. The van der Waals surface area contributed by atoms with Crippen LogP contribution in [0.1, 0.15) is 36.8 Å². The van der Waals surface area contributed by atoms with E-state index in [9.17, 15) is 4.39 Å². The lowest BCUT2D eigenvalue weighted by Crippen LogP contribution is -2.39. The molecule has 2 aromatic rings. The Morgan fingerprint density at radius 2 is 1.94 bits per heavy atom. The molecule has 1 N–H and O–H groups in total. The average molecular weight is 449 g/mol. The first-order valence-electron chi connectivity index (χ1n) is 12.3. The van der Waals surface area contributed by atoms with Crippen LogP contribution in [-0.4, -0.2) is 51.6 Å². The van der Waals surface area contributed by atoms with E-state index in [1.165, 1.54) is 24.1 Å². The fourth-order valence-electron chi connectivity index (χ4n) is 5.52. The van der Waals surface area contributed by atoms with Crippen molar-refractivity contribution in [3.63, 3.8) is 0 Å². The maximum absolute atomic E-state index is 14.6. The third kappa shape index (κ3) is 5.09. The molecule has 33 heavy (non-hydrogen) atoms. The maximum Gasteiger partial charge on any atom is 0.139 e. The summed E-state index contributed by atoms with van der Waals surface area (Å²) in [5.74, 6) is 2.73. The first-order chi connectivity index (χ1) is 16.2. The number of terminal acetylenes is 1. The lowest BCUT2D eigenvalue weighted by Gasteiger charge is -2.37. The molecule has 3 aliphatic rings. The Morgan fingerprint density at radius 3 is 2.64 bits per heavy atom. The average Bonchev–Trinajstić information content (AvgIpc) is 3.40. The van der Waals surface area contributed by atoms with E-state index in [1.54, 1.807) is 12.1 Å². The zero-order valence-corrected chi connectivity index (χ0v) is 19.2. The second kappa shape index (κ2) is 10.3. The summed E-state index contributed by atoms with van der Waals surface area (Å²) in [5.41, 5.74) is 4.61. The van der Waals surface area contributed by atoms with Crippen LogP contribution in [0.15, 0.2) is 36.4 Å². The Bertz CT molecular complexity index is 997. The van der Waals surface area contributed by atoms with Gasteiger partial charge in [0.15, 0.2) is 0 Å². The van der Waals surface area contributed by atoms with Crippen molar-refractivity contribution in [2.24, 2.45) is 5.92 Å². The van der Waals surface area contributed by atoms with Crippen LogP contribution in [0.3, 0.4) is 0 Å². The zero-order valence-electron chi connectivity index (χ0n) is 19.2. The Morgan fingerprint density at radius 1 is 1.06 bits per heavy atom. The number of hydrogen-bond donors (Lipinski definition) is 1. The van der Waals surface area contributed by atoms with E-state index in [0.717, 1.165) is 69.8 Å². The standard InChI is InChI=1S/C28H33FN2O2/c1-2-21-6-7-23(18-26(21)29)25-17-20(16-24-19-30-11-15-32-24)5-8-27(25)31-12-9-22(10-13-31)28-4-3-14-33-28/h1,5-8,17-18,22,24,28,30H,3-4,9-16,19H2. The minimum atomic E-state index is -0.344. The van der Waals surface area contributed by atoms with E-state index in [0.29, 0.717) is 17.6 Å². The van der Waals surface area contributed by atoms with Gasteiger partial charge in [-0.2, -0.15) is 0 Å². The molecule has 4 nitrogen and oxygen atoms in total.